The summed E-state index contributed by atoms with van der Waals surface area (Å²) in [6, 6.07) is 14.1. The SMILES string of the molecule is CCC(NC)c1nc2ccc(-c3ccc(P(=O)(CC)CC)c(F)c3)cc2n1-c1c(C=O)cccc1OC(F)F. The molecule has 0 radical (unpaired) electrons. The van der Waals surface area contributed by atoms with Crippen LogP contribution < -0.4 is 15.4 Å². The summed E-state index contributed by atoms with van der Waals surface area (Å²) in [4.78, 5) is 16.8. The first kappa shape index (κ1) is 28.6. The van der Waals surface area contributed by atoms with Gasteiger partial charge in [-0.05, 0) is 61.0 Å². The molecule has 0 aliphatic heterocycles. The van der Waals surface area contributed by atoms with Crippen LogP contribution >= 0.6 is 7.14 Å². The Bertz CT molecular complexity index is 1540. The van der Waals surface area contributed by atoms with Crippen LogP contribution in [0.1, 0.15) is 49.4 Å². The number of nitrogens with zero attached hydrogens (tertiary/aromatic N) is 2. The third-order valence-electron chi connectivity index (χ3n) is 7.09. The lowest BCUT2D eigenvalue weighted by atomic mass is 10.0. The topological polar surface area (TPSA) is 73.2 Å². The van der Waals surface area contributed by atoms with Crippen LogP contribution in [0.3, 0.4) is 0 Å². The summed E-state index contributed by atoms with van der Waals surface area (Å²) in [6.45, 7) is 2.44. The Morgan fingerprint density at radius 3 is 2.33 bits per heavy atom. The van der Waals surface area contributed by atoms with Crippen molar-refractivity contribution in [3.8, 4) is 22.6 Å². The first-order chi connectivity index (χ1) is 18.7. The molecule has 1 N–H and O–H groups in total. The quantitative estimate of drug-likeness (QED) is 0.160. The molecule has 1 unspecified atom stereocenters. The first-order valence-electron chi connectivity index (χ1n) is 12.8. The lowest BCUT2D eigenvalue weighted by Gasteiger charge is -2.20. The number of aldehydes is 1. The molecule has 39 heavy (non-hydrogen) atoms. The highest BCUT2D eigenvalue weighted by Crippen LogP contribution is 2.44. The molecule has 0 saturated carbocycles. The standard InChI is InChI=1S/C29H31F3N3O3P/c1-5-22(33-4)28-34-23-13-11-19(18-12-14-26(21(30)15-18)39(37,6-2)7-3)16-24(23)35(28)27-20(17-36)9-8-10-25(27)38-29(31)32/h8-17,22,29,33H,5-7H2,1-4H3. The van der Waals surface area contributed by atoms with Gasteiger partial charge in [0.1, 0.15) is 24.5 Å². The normalized spacial score (nSPS) is 12.7. The molecule has 3 aromatic carbocycles. The molecule has 6 nitrogen and oxygen atoms in total. The van der Waals surface area contributed by atoms with Gasteiger partial charge >= 0.3 is 6.61 Å². The van der Waals surface area contributed by atoms with Crippen molar-refractivity contribution in [2.24, 2.45) is 0 Å². The van der Waals surface area contributed by atoms with E-state index >= 15 is 4.39 Å². The van der Waals surface area contributed by atoms with Crippen molar-refractivity contribution in [3.63, 3.8) is 0 Å². The van der Waals surface area contributed by atoms with Gasteiger partial charge in [0.05, 0.1) is 17.1 Å². The maximum atomic E-state index is 15.2. The zero-order chi connectivity index (χ0) is 28.3. The fourth-order valence-electron chi connectivity index (χ4n) is 4.90. The van der Waals surface area contributed by atoms with E-state index in [0.29, 0.717) is 53.0 Å². The van der Waals surface area contributed by atoms with Crippen LogP contribution in [0.25, 0.3) is 27.8 Å². The second kappa shape index (κ2) is 11.8. The number of hydrogen-bond acceptors (Lipinski definition) is 5. The van der Waals surface area contributed by atoms with Crippen LogP contribution in [-0.2, 0) is 4.57 Å². The number of para-hydroxylation sites is 1. The second-order valence-electron chi connectivity index (χ2n) is 9.14. The van der Waals surface area contributed by atoms with Gasteiger partial charge in [0.25, 0.3) is 0 Å². The number of fused-ring (bicyclic) bond motifs is 1. The first-order valence-corrected chi connectivity index (χ1v) is 14.9. The lowest BCUT2D eigenvalue weighted by molar-refractivity contribution is -0.0498. The smallest absolute Gasteiger partial charge is 0.387 e. The fraction of sp³-hybridized carbons (Fsp3) is 0.310. The van der Waals surface area contributed by atoms with Crippen LogP contribution in [0.2, 0.25) is 0 Å². The Hall–Kier alpha value is -3.42. The molecular formula is C29H31F3N3O3P. The van der Waals surface area contributed by atoms with E-state index in [2.05, 4.69) is 5.32 Å². The molecule has 1 heterocycles. The number of nitrogens with one attached hydrogen (secondary N) is 1. The van der Waals surface area contributed by atoms with Crippen molar-refractivity contribution in [1.29, 1.82) is 0 Å². The Balaban J connectivity index is 1.99. The van der Waals surface area contributed by atoms with E-state index in [1.807, 2.05) is 6.92 Å². The molecule has 0 amide bonds. The highest BCUT2D eigenvalue weighted by atomic mass is 31.2. The molecule has 0 aliphatic rings. The largest absolute Gasteiger partial charge is 0.433 e. The Morgan fingerprint density at radius 1 is 1.05 bits per heavy atom. The van der Waals surface area contributed by atoms with Gasteiger partial charge in [-0.1, -0.05) is 39.0 Å². The number of hydrogen-bond donors (Lipinski definition) is 1. The van der Waals surface area contributed by atoms with Gasteiger partial charge < -0.3 is 14.6 Å². The number of alkyl halides is 2. The van der Waals surface area contributed by atoms with Gasteiger partial charge in [0.2, 0.25) is 0 Å². The molecule has 1 aromatic heterocycles. The molecule has 0 spiro atoms. The number of benzene rings is 3. The van der Waals surface area contributed by atoms with Crippen LogP contribution in [0, 0.1) is 5.82 Å². The van der Waals surface area contributed by atoms with Gasteiger partial charge in [0, 0.05) is 23.2 Å². The van der Waals surface area contributed by atoms with Crippen molar-refractivity contribution >= 4 is 29.8 Å². The molecule has 4 rings (SSSR count). The summed E-state index contributed by atoms with van der Waals surface area (Å²) in [5.74, 6) is -0.195. The van der Waals surface area contributed by atoms with Crippen molar-refractivity contribution in [2.75, 3.05) is 19.4 Å². The lowest BCUT2D eigenvalue weighted by Crippen LogP contribution is -2.20. The summed E-state index contributed by atoms with van der Waals surface area (Å²) < 4.78 is 61.6. The Labute approximate surface area is 225 Å². The van der Waals surface area contributed by atoms with E-state index in [1.165, 1.54) is 24.3 Å². The monoisotopic (exact) mass is 557 g/mol. The van der Waals surface area contributed by atoms with Gasteiger partial charge in [-0.3, -0.25) is 9.36 Å². The predicted molar refractivity (Wildman–Crippen MR) is 149 cm³/mol. The van der Waals surface area contributed by atoms with E-state index in [4.69, 9.17) is 9.72 Å². The summed E-state index contributed by atoms with van der Waals surface area (Å²) in [5, 5.41) is 3.42. The second-order valence-corrected chi connectivity index (χ2v) is 12.7. The highest BCUT2D eigenvalue weighted by Gasteiger charge is 2.26. The molecule has 206 valence electrons. The van der Waals surface area contributed by atoms with Crippen molar-refractivity contribution < 1.29 is 27.3 Å². The van der Waals surface area contributed by atoms with Crippen molar-refractivity contribution in [2.45, 2.75) is 39.8 Å². The zero-order valence-corrected chi connectivity index (χ0v) is 23.1. The molecule has 0 bridgehead atoms. The van der Waals surface area contributed by atoms with E-state index in [-0.39, 0.29) is 28.3 Å². The number of halogens is 3. The number of carbonyl (C=O) groups excluding carboxylic acids is 1. The maximum absolute atomic E-state index is 15.2. The number of rotatable bonds is 11. The summed E-state index contributed by atoms with van der Waals surface area (Å²) in [7, 11) is -1.05. The highest BCUT2D eigenvalue weighted by molar-refractivity contribution is 7.71. The number of aromatic nitrogens is 2. The number of carbonyl (C=O) groups is 1. The van der Waals surface area contributed by atoms with Crippen molar-refractivity contribution in [3.05, 3.63) is 71.8 Å². The molecule has 4 aromatic rings. The van der Waals surface area contributed by atoms with Crippen LogP contribution in [-0.4, -0.2) is 41.8 Å². The van der Waals surface area contributed by atoms with Gasteiger partial charge in [0.15, 0.2) is 12.0 Å². The average Bonchev–Trinajstić information content (AvgIpc) is 3.30. The summed E-state index contributed by atoms with van der Waals surface area (Å²) in [6.07, 6.45) is 1.96. The Kier molecular flexibility index (Phi) is 8.62. The minimum Gasteiger partial charge on any atom is -0.433 e. The molecule has 0 fully saturated rings. The van der Waals surface area contributed by atoms with Crippen molar-refractivity contribution in [1.82, 2.24) is 14.9 Å². The van der Waals surface area contributed by atoms with Gasteiger partial charge in [-0.25, -0.2) is 9.37 Å². The van der Waals surface area contributed by atoms with E-state index in [0.717, 1.165) is 0 Å². The van der Waals surface area contributed by atoms with E-state index < -0.39 is 19.6 Å². The van der Waals surface area contributed by atoms with Gasteiger partial charge in [-0.15, -0.1) is 0 Å². The number of imidazole rings is 1. The summed E-state index contributed by atoms with van der Waals surface area (Å²) >= 11 is 0. The number of ether oxygens (including phenoxy) is 1. The van der Waals surface area contributed by atoms with E-state index in [1.54, 1.807) is 55.8 Å². The van der Waals surface area contributed by atoms with Crippen LogP contribution in [0.5, 0.6) is 5.75 Å². The fourth-order valence-corrected chi connectivity index (χ4v) is 6.83. The average molecular weight is 558 g/mol. The molecule has 0 aliphatic carbocycles. The third kappa shape index (κ3) is 5.38. The zero-order valence-electron chi connectivity index (χ0n) is 22.2. The Morgan fingerprint density at radius 2 is 1.74 bits per heavy atom. The summed E-state index contributed by atoms with van der Waals surface area (Å²) in [5.41, 5.74) is 2.58. The minimum absolute atomic E-state index is 0.143. The predicted octanol–water partition coefficient (Wildman–Crippen LogP) is 6.94. The minimum atomic E-state index is -3.10. The maximum Gasteiger partial charge on any atom is 0.387 e. The van der Waals surface area contributed by atoms with Crippen LogP contribution in [0.4, 0.5) is 13.2 Å². The molecule has 1 atom stereocenters. The van der Waals surface area contributed by atoms with E-state index in [9.17, 15) is 18.1 Å². The van der Waals surface area contributed by atoms with Gasteiger partial charge in [-0.2, -0.15) is 8.78 Å². The molecule has 10 heteroatoms. The molecular weight excluding hydrogens is 526 g/mol. The molecule has 0 saturated heterocycles. The van der Waals surface area contributed by atoms with Crippen LogP contribution in [0.15, 0.2) is 54.6 Å². The third-order valence-corrected chi connectivity index (χ3v) is 10.4.